The van der Waals surface area contributed by atoms with Gasteiger partial charge in [0.1, 0.15) is 10.9 Å². The van der Waals surface area contributed by atoms with Gasteiger partial charge in [-0.2, -0.15) is 5.26 Å². The lowest BCUT2D eigenvalue weighted by Crippen LogP contribution is -2.33. The van der Waals surface area contributed by atoms with Gasteiger partial charge in [-0.15, -0.1) is 11.3 Å². The Labute approximate surface area is 108 Å². The molecular formula is C14H20N2S. The van der Waals surface area contributed by atoms with E-state index in [0.717, 1.165) is 18.0 Å². The molecule has 2 rings (SSSR count). The average molecular weight is 248 g/mol. The van der Waals surface area contributed by atoms with E-state index in [1.165, 1.54) is 37.0 Å². The van der Waals surface area contributed by atoms with Crippen molar-refractivity contribution in [3.8, 4) is 6.07 Å². The largest absolute Gasteiger partial charge is 0.311 e. The first kappa shape index (κ1) is 12.6. The highest BCUT2D eigenvalue weighted by atomic mass is 32.1. The summed E-state index contributed by atoms with van der Waals surface area (Å²) in [5.74, 6) is 0. The minimum Gasteiger partial charge on any atom is -0.311 e. The van der Waals surface area contributed by atoms with Crippen LogP contribution in [0, 0.1) is 16.7 Å². The monoisotopic (exact) mass is 248 g/mol. The number of hydrogen-bond acceptors (Lipinski definition) is 3. The third kappa shape index (κ3) is 3.55. The lowest BCUT2D eigenvalue weighted by molar-refractivity contribution is 0.208. The summed E-state index contributed by atoms with van der Waals surface area (Å²) >= 11 is 1.59. The highest BCUT2D eigenvalue weighted by Crippen LogP contribution is 2.35. The molecule has 0 spiro atoms. The molecule has 0 bridgehead atoms. The van der Waals surface area contributed by atoms with Gasteiger partial charge in [-0.3, -0.25) is 0 Å². The summed E-state index contributed by atoms with van der Waals surface area (Å²) in [6.07, 6.45) is 6.89. The molecule has 0 amide bonds. The molecule has 3 heteroatoms. The van der Waals surface area contributed by atoms with Crippen LogP contribution < -0.4 is 5.32 Å². The van der Waals surface area contributed by atoms with Crippen LogP contribution in [-0.4, -0.2) is 6.54 Å². The predicted molar refractivity (Wildman–Crippen MR) is 71.9 cm³/mol. The fourth-order valence-electron chi connectivity index (χ4n) is 2.60. The third-order valence-corrected chi connectivity index (χ3v) is 4.67. The van der Waals surface area contributed by atoms with Gasteiger partial charge in [0.05, 0.1) is 0 Å². The zero-order valence-electron chi connectivity index (χ0n) is 10.5. The maximum absolute atomic E-state index is 8.76. The van der Waals surface area contributed by atoms with Crippen LogP contribution in [0.2, 0.25) is 0 Å². The standard InChI is InChI=1S/C14H20N2S/c1-14(7-3-2-4-8-14)11-16-10-13-6-5-12(9-15)17-13/h5-6,16H,2-4,7-8,10-11H2,1H3. The van der Waals surface area contributed by atoms with Gasteiger partial charge in [-0.25, -0.2) is 0 Å². The van der Waals surface area contributed by atoms with Crippen LogP contribution in [0.1, 0.15) is 48.8 Å². The lowest BCUT2D eigenvalue weighted by Gasteiger charge is -2.33. The Hall–Kier alpha value is -0.850. The molecule has 0 unspecified atom stereocenters. The first-order valence-corrected chi connectivity index (χ1v) is 7.23. The molecule has 0 aliphatic heterocycles. The van der Waals surface area contributed by atoms with Crippen LogP contribution in [0.5, 0.6) is 0 Å². The molecule has 0 aromatic carbocycles. The smallest absolute Gasteiger partial charge is 0.110 e. The Bertz CT molecular complexity index is 397. The fraction of sp³-hybridized carbons (Fsp3) is 0.643. The molecule has 1 heterocycles. The van der Waals surface area contributed by atoms with Gasteiger partial charge in [-0.05, 0) is 30.4 Å². The van der Waals surface area contributed by atoms with E-state index in [4.69, 9.17) is 5.26 Å². The quantitative estimate of drug-likeness (QED) is 0.882. The second kappa shape index (κ2) is 5.66. The minimum atomic E-state index is 0.494. The Morgan fingerprint density at radius 1 is 1.35 bits per heavy atom. The summed E-state index contributed by atoms with van der Waals surface area (Å²) in [6, 6.07) is 6.15. The van der Waals surface area contributed by atoms with Gasteiger partial charge in [-0.1, -0.05) is 26.2 Å². The van der Waals surface area contributed by atoms with E-state index in [1.54, 1.807) is 11.3 Å². The van der Waals surface area contributed by atoms with Crippen molar-refractivity contribution in [1.29, 1.82) is 5.26 Å². The van der Waals surface area contributed by atoms with E-state index in [-0.39, 0.29) is 0 Å². The van der Waals surface area contributed by atoms with E-state index in [2.05, 4.69) is 24.4 Å². The summed E-state index contributed by atoms with van der Waals surface area (Å²) in [6.45, 7) is 4.41. The molecule has 2 nitrogen and oxygen atoms in total. The third-order valence-electron chi connectivity index (χ3n) is 3.68. The molecule has 92 valence electrons. The minimum absolute atomic E-state index is 0.494. The van der Waals surface area contributed by atoms with Gasteiger partial charge >= 0.3 is 0 Å². The lowest BCUT2D eigenvalue weighted by atomic mass is 9.76. The topological polar surface area (TPSA) is 35.8 Å². The van der Waals surface area contributed by atoms with Gasteiger partial charge in [0.2, 0.25) is 0 Å². The average Bonchev–Trinajstić information content (AvgIpc) is 2.78. The van der Waals surface area contributed by atoms with Crippen molar-refractivity contribution < 1.29 is 0 Å². The van der Waals surface area contributed by atoms with Crippen molar-refractivity contribution in [3.63, 3.8) is 0 Å². The Morgan fingerprint density at radius 2 is 2.12 bits per heavy atom. The van der Waals surface area contributed by atoms with E-state index >= 15 is 0 Å². The Morgan fingerprint density at radius 3 is 2.76 bits per heavy atom. The Balaban J connectivity index is 1.77. The van der Waals surface area contributed by atoms with E-state index in [0.29, 0.717) is 5.41 Å². The second-order valence-corrected chi connectivity index (χ2v) is 6.52. The van der Waals surface area contributed by atoms with E-state index in [1.807, 2.05) is 6.07 Å². The molecule has 1 N–H and O–H groups in total. The Kier molecular flexibility index (Phi) is 4.20. The maximum Gasteiger partial charge on any atom is 0.110 e. The molecule has 1 aromatic heterocycles. The van der Waals surface area contributed by atoms with Gasteiger partial charge < -0.3 is 5.32 Å². The maximum atomic E-state index is 8.76. The molecule has 1 aliphatic rings. The van der Waals surface area contributed by atoms with Crippen LogP contribution >= 0.6 is 11.3 Å². The van der Waals surface area contributed by atoms with Crippen molar-refractivity contribution in [2.24, 2.45) is 5.41 Å². The summed E-state index contributed by atoms with van der Waals surface area (Å²) < 4.78 is 0. The molecule has 1 aliphatic carbocycles. The highest BCUT2D eigenvalue weighted by molar-refractivity contribution is 7.12. The zero-order valence-corrected chi connectivity index (χ0v) is 11.3. The number of thiophene rings is 1. The van der Waals surface area contributed by atoms with Crippen LogP contribution in [0.15, 0.2) is 12.1 Å². The van der Waals surface area contributed by atoms with Crippen molar-refractivity contribution >= 4 is 11.3 Å². The molecule has 17 heavy (non-hydrogen) atoms. The molecule has 0 saturated heterocycles. The van der Waals surface area contributed by atoms with Crippen molar-refractivity contribution in [1.82, 2.24) is 5.32 Å². The molecular weight excluding hydrogens is 228 g/mol. The molecule has 1 fully saturated rings. The summed E-state index contributed by atoms with van der Waals surface area (Å²) in [7, 11) is 0. The van der Waals surface area contributed by atoms with Gasteiger partial charge in [0.25, 0.3) is 0 Å². The molecule has 0 atom stereocenters. The zero-order chi connectivity index (χ0) is 12.1. The van der Waals surface area contributed by atoms with Crippen LogP contribution in [0.25, 0.3) is 0 Å². The van der Waals surface area contributed by atoms with Crippen LogP contribution in [-0.2, 0) is 6.54 Å². The van der Waals surface area contributed by atoms with Crippen molar-refractivity contribution in [2.45, 2.75) is 45.6 Å². The first-order chi connectivity index (χ1) is 8.22. The number of rotatable bonds is 4. The summed E-state index contributed by atoms with van der Waals surface area (Å²) in [4.78, 5) is 2.08. The first-order valence-electron chi connectivity index (χ1n) is 6.41. The van der Waals surface area contributed by atoms with Gasteiger partial charge in [0, 0.05) is 18.0 Å². The van der Waals surface area contributed by atoms with Crippen LogP contribution in [0.4, 0.5) is 0 Å². The van der Waals surface area contributed by atoms with Gasteiger partial charge in [0.15, 0.2) is 0 Å². The van der Waals surface area contributed by atoms with E-state index in [9.17, 15) is 0 Å². The number of nitrogens with zero attached hydrogens (tertiary/aromatic N) is 1. The van der Waals surface area contributed by atoms with E-state index < -0.39 is 0 Å². The number of nitrogens with one attached hydrogen (secondary N) is 1. The molecule has 1 saturated carbocycles. The number of hydrogen-bond donors (Lipinski definition) is 1. The van der Waals surface area contributed by atoms with Crippen molar-refractivity contribution in [3.05, 3.63) is 21.9 Å². The summed E-state index contributed by atoms with van der Waals surface area (Å²) in [5.41, 5.74) is 0.494. The molecule has 0 radical (unpaired) electrons. The normalized spacial score (nSPS) is 18.8. The second-order valence-electron chi connectivity index (χ2n) is 5.35. The summed E-state index contributed by atoms with van der Waals surface area (Å²) in [5, 5.41) is 12.3. The van der Waals surface area contributed by atoms with Crippen LogP contribution in [0.3, 0.4) is 0 Å². The molecule has 1 aromatic rings. The van der Waals surface area contributed by atoms with Crippen molar-refractivity contribution in [2.75, 3.05) is 6.54 Å². The predicted octanol–water partition coefficient (Wildman–Crippen LogP) is 3.68. The fourth-order valence-corrected chi connectivity index (χ4v) is 3.38. The number of nitriles is 1. The SMILES string of the molecule is CC1(CNCc2ccc(C#N)s2)CCCCC1. The highest BCUT2D eigenvalue weighted by Gasteiger charge is 2.25.